The van der Waals surface area contributed by atoms with Gasteiger partial charge in [0.25, 0.3) is 0 Å². The maximum Gasteiger partial charge on any atom is 0.337 e. The number of esters is 1. The summed E-state index contributed by atoms with van der Waals surface area (Å²) in [5.74, 6) is -0.587. The summed E-state index contributed by atoms with van der Waals surface area (Å²) in [5, 5.41) is 2.86. The Balaban J connectivity index is 0.00000312. The molecule has 0 aliphatic carbocycles. The van der Waals surface area contributed by atoms with Gasteiger partial charge in [-0.05, 0) is 36.6 Å². The van der Waals surface area contributed by atoms with Gasteiger partial charge in [0.2, 0.25) is 5.91 Å². The molecule has 1 amide bonds. The van der Waals surface area contributed by atoms with E-state index in [1.54, 1.807) is 19.1 Å². The Labute approximate surface area is 154 Å². The minimum Gasteiger partial charge on any atom is -0.465 e. The number of ether oxygens (including phenoxy) is 1. The second kappa shape index (κ2) is 9.20. The number of benzene rings is 2. The van der Waals surface area contributed by atoms with E-state index >= 15 is 0 Å². The normalized spacial score (nSPS) is 12.4. The highest BCUT2D eigenvalue weighted by Crippen LogP contribution is 2.17. The molecule has 0 spiro atoms. The molecule has 0 fully saturated rings. The fourth-order valence-corrected chi connectivity index (χ4v) is 2.34. The average molecular weight is 363 g/mol. The number of nitrogens with one attached hydrogen (secondary N) is 1. The van der Waals surface area contributed by atoms with Crippen molar-refractivity contribution < 1.29 is 14.3 Å². The van der Waals surface area contributed by atoms with Crippen molar-refractivity contribution in [1.82, 2.24) is 5.32 Å². The van der Waals surface area contributed by atoms with E-state index in [9.17, 15) is 9.59 Å². The van der Waals surface area contributed by atoms with Gasteiger partial charge < -0.3 is 15.8 Å². The highest BCUT2D eigenvalue weighted by Gasteiger charge is 2.29. The van der Waals surface area contributed by atoms with Gasteiger partial charge in [-0.3, -0.25) is 4.79 Å². The van der Waals surface area contributed by atoms with Crippen LogP contribution in [0.25, 0.3) is 0 Å². The predicted molar refractivity (Wildman–Crippen MR) is 99.7 cm³/mol. The molecule has 2 aromatic carbocycles. The standard InChI is InChI=1S/C19H22N2O3.ClH/c1-19(20,16-6-4-3-5-7-16)18(23)21-13-12-14-8-10-15(11-9-14)17(22)24-2;/h3-11H,12-13,20H2,1-2H3,(H,21,23);1H. The monoisotopic (exact) mass is 362 g/mol. The molecule has 134 valence electrons. The first-order chi connectivity index (χ1) is 11.4. The Morgan fingerprint density at radius 3 is 2.24 bits per heavy atom. The van der Waals surface area contributed by atoms with Crippen LogP contribution in [-0.2, 0) is 21.5 Å². The molecule has 6 heteroatoms. The zero-order chi connectivity index (χ0) is 17.6. The third-order valence-electron chi connectivity index (χ3n) is 3.92. The van der Waals surface area contributed by atoms with Gasteiger partial charge in [0.1, 0.15) is 5.54 Å². The van der Waals surface area contributed by atoms with E-state index in [1.165, 1.54) is 7.11 Å². The summed E-state index contributed by atoms with van der Waals surface area (Å²) in [4.78, 5) is 23.7. The van der Waals surface area contributed by atoms with Gasteiger partial charge in [-0.15, -0.1) is 12.4 Å². The van der Waals surface area contributed by atoms with Crippen LogP contribution in [0.15, 0.2) is 54.6 Å². The molecule has 0 saturated carbocycles. The SMILES string of the molecule is COC(=O)c1ccc(CCNC(=O)C(C)(N)c2ccccc2)cc1.Cl. The summed E-state index contributed by atoms with van der Waals surface area (Å²) in [5.41, 5.74) is 7.38. The first kappa shape index (κ1) is 20.7. The number of amides is 1. The van der Waals surface area contributed by atoms with E-state index in [-0.39, 0.29) is 24.3 Å². The van der Waals surface area contributed by atoms with Crippen LogP contribution >= 0.6 is 12.4 Å². The van der Waals surface area contributed by atoms with E-state index < -0.39 is 5.54 Å². The zero-order valence-electron chi connectivity index (χ0n) is 14.3. The van der Waals surface area contributed by atoms with Crippen LogP contribution in [0.1, 0.15) is 28.4 Å². The number of methoxy groups -OCH3 is 1. The van der Waals surface area contributed by atoms with E-state index in [4.69, 9.17) is 5.73 Å². The average Bonchev–Trinajstić information content (AvgIpc) is 2.62. The fraction of sp³-hybridized carbons (Fsp3) is 0.263. The van der Waals surface area contributed by atoms with Gasteiger partial charge >= 0.3 is 5.97 Å². The number of halogens is 1. The molecule has 2 rings (SSSR count). The van der Waals surface area contributed by atoms with Crippen molar-refractivity contribution in [2.75, 3.05) is 13.7 Å². The molecule has 1 unspecified atom stereocenters. The van der Waals surface area contributed by atoms with Crippen LogP contribution < -0.4 is 11.1 Å². The Bertz CT molecular complexity index is 700. The van der Waals surface area contributed by atoms with Crippen molar-refractivity contribution >= 4 is 24.3 Å². The highest BCUT2D eigenvalue weighted by atomic mass is 35.5. The van der Waals surface area contributed by atoms with Gasteiger partial charge in [-0.2, -0.15) is 0 Å². The van der Waals surface area contributed by atoms with Gasteiger partial charge in [0, 0.05) is 6.54 Å². The minimum atomic E-state index is -1.07. The van der Waals surface area contributed by atoms with Crippen molar-refractivity contribution in [2.45, 2.75) is 18.9 Å². The van der Waals surface area contributed by atoms with Crippen LogP contribution in [0.3, 0.4) is 0 Å². The molecule has 0 radical (unpaired) electrons. The van der Waals surface area contributed by atoms with Crippen molar-refractivity contribution in [1.29, 1.82) is 0 Å². The van der Waals surface area contributed by atoms with E-state index in [0.29, 0.717) is 18.5 Å². The molecule has 0 aliphatic rings. The molecule has 0 heterocycles. The second-order valence-corrected chi connectivity index (χ2v) is 5.76. The van der Waals surface area contributed by atoms with Gasteiger partial charge in [0.05, 0.1) is 12.7 Å². The van der Waals surface area contributed by atoms with Crippen LogP contribution in [0, 0.1) is 0 Å². The lowest BCUT2D eigenvalue weighted by molar-refractivity contribution is -0.126. The fourth-order valence-electron chi connectivity index (χ4n) is 2.34. The van der Waals surface area contributed by atoms with Crippen LogP contribution in [-0.4, -0.2) is 25.5 Å². The zero-order valence-corrected chi connectivity index (χ0v) is 15.1. The quantitative estimate of drug-likeness (QED) is 0.773. The maximum absolute atomic E-state index is 12.3. The van der Waals surface area contributed by atoms with Crippen LogP contribution in [0.4, 0.5) is 0 Å². The number of hydrogen-bond donors (Lipinski definition) is 2. The lowest BCUT2D eigenvalue weighted by Gasteiger charge is -2.24. The number of hydrogen-bond acceptors (Lipinski definition) is 4. The van der Waals surface area contributed by atoms with Crippen molar-refractivity contribution in [3.05, 3.63) is 71.3 Å². The molecule has 1 atom stereocenters. The smallest absolute Gasteiger partial charge is 0.337 e. The molecule has 3 N–H and O–H groups in total. The first-order valence-corrected chi connectivity index (χ1v) is 7.75. The Morgan fingerprint density at radius 1 is 1.08 bits per heavy atom. The van der Waals surface area contributed by atoms with E-state index in [2.05, 4.69) is 10.1 Å². The first-order valence-electron chi connectivity index (χ1n) is 7.75. The second-order valence-electron chi connectivity index (χ2n) is 5.76. The number of nitrogens with two attached hydrogens (primary N) is 1. The van der Waals surface area contributed by atoms with Gasteiger partial charge in [0.15, 0.2) is 0 Å². The topological polar surface area (TPSA) is 81.4 Å². The maximum atomic E-state index is 12.3. The molecular formula is C19H23ClN2O3. The Morgan fingerprint density at radius 2 is 1.68 bits per heavy atom. The molecule has 0 saturated heterocycles. The number of rotatable bonds is 6. The lowest BCUT2D eigenvalue weighted by atomic mass is 9.92. The van der Waals surface area contributed by atoms with Crippen LogP contribution in [0.5, 0.6) is 0 Å². The minimum absolute atomic E-state index is 0. The lowest BCUT2D eigenvalue weighted by Crippen LogP contribution is -2.49. The summed E-state index contributed by atoms with van der Waals surface area (Å²) in [6.45, 7) is 2.17. The number of carbonyl (C=O) groups excluding carboxylic acids is 2. The molecular weight excluding hydrogens is 340 g/mol. The Kier molecular flexibility index (Phi) is 7.61. The predicted octanol–water partition coefficient (Wildman–Crippen LogP) is 2.43. The third-order valence-corrected chi connectivity index (χ3v) is 3.92. The summed E-state index contributed by atoms with van der Waals surface area (Å²) in [7, 11) is 1.35. The van der Waals surface area contributed by atoms with Crippen molar-refractivity contribution in [3.63, 3.8) is 0 Å². The molecule has 0 bridgehead atoms. The molecule has 25 heavy (non-hydrogen) atoms. The molecule has 2 aromatic rings. The van der Waals surface area contributed by atoms with E-state index in [1.807, 2.05) is 42.5 Å². The van der Waals surface area contributed by atoms with E-state index in [0.717, 1.165) is 11.1 Å². The highest BCUT2D eigenvalue weighted by molar-refractivity contribution is 5.89. The summed E-state index contributed by atoms with van der Waals surface area (Å²) in [6, 6.07) is 16.4. The molecule has 5 nitrogen and oxygen atoms in total. The summed E-state index contributed by atoms with van der Waals surface area (Å²) < 4.78 is 4.66. The van der Waals surface area contributed by atoms with Crippen LogP contribution in [0.2, 0.25) is 0 Å². The third kappa shape index (κ3) is 5.31. The Hall–Kier alpha value is -2.37. The molecule has 0 aromatic heterocycles. The van der Waals surface area contributed by atoms with Crippen molar-refractivity contribution in [2.24, 2.45) is 5.73 Å². The summed E-state index contributed by atoms with van der Waals surface area (Å²) in [6.07, 6.45) is 0.651. The molecule has 0 aliphatic heterocycles. The summed E-state index contributed by atoms with van der Waals surface area (Å²) >= 11 is 0. The van der Waals surface area contributed by atoms with Gasteiger partial charge in [-0.1, -0.05) is 42.5 Å². The largest absolute Gasteiger partial charge is 0.465 e. The number of carbonyl (C=O) groups is 2. The van der Waals surface area contributed by atoms with Gasteiger partial charge in [-0.25, -0.2) is 4.79 Å². The van der Waals surface area contributed by atoms with Crippen molar-refractivity contribution in [3.8, 4) is 0 Å².